The molecule has 0 unspecified atom stereocenters. The molecule has 1 aliphatic rings. The van der Waals surface area contributed by atoms with Crippen molar-refractivity contribution in [1.29, 1.82) is 0 Å². The molecule has 0 aromatic carbocycles. The number of thioether (sulfide) groups is 1. The Balaban J connectivity index is 1.76. The van der Waals surface area contributed by atoms with Crippen LogP contribution in [0.2, 0.25) is 0 Å². The molecule has 6 heteroatoms. The van der Waals surface area contributed by atoms with Gasteiger partial charge in [-0.25, -0.2) is 0 Å². The highest BCUT2D eigenvalue weighted by molar-refractivity contribution is 8.01. The van der Waals surface area contributed by atoms with Gasteiger partial charge in [0.15, 0.2) is 5.78 Å². The summed E-state index contributed by atoms with van der Waals surface area (Å²) in [6, 6.07) is 3.95. The molecule has 0 aliphatic carbocycles. The Kier molecular flexibility index (Phi) is 6.47. The van der Waals surface area contributed by atoms with E-state index in [4.69, 9.17) is 5.11 Å². The van der Waals surface area contributed by atoms with Crippen LogP contribution in [0.3, 0.4) is 0 Å². The van der Waals surface area contributed by atoms with Gasteiger partial charge >= 0.3 is 5.97 Å². The third-order valence-corrected chi connectivity index (χ3v) is 6.10. The van der Waals surface area contributed by atoms with Crippen LogP contribution < -0.4 is 0 Å². The van der Waals surface area contributed by atoms with E-state index in [2.05, 4.69) is 18.7 Å². The topological polar surface area (TPSA) is 57.6 Å². The maximum atomic E-state index is 12.2. The maximum absolute atomic E-state index is 12.2. The Morgan fingerprint density at radius 3 is 2.64 bits per heavy atom. The Labute approximate surface area is 139 Å². The molecule has 1 aromatic heterocycles. The zero-order valence-electron chi connectivity index (χ0n) is 13.1. The SMILES string of the molecule is CC(C)Sc1ccc(C(=O)CCN2CCC(C(=O)O)CC2)s1. The number of likely N-dealkylation sites (tertiary alicyclic amines) is 1. The van der Waals surface area contributed by atoms with Crippen molar-refractivity contribution in [3.8, 4) is 0 Å². The number of piperidine rings is 1. The highest BCUT2D eigenvalue weighted by Crippen LogP contribution is 2.31. The van der Waals surface area contributed by atoms with E-state index in [9.17, 15) is 9.59 Å². The van der Waals surface area contributed by atoms with Crippen molar-refractivity contribution in [3.63, 3.8) is 0 Å². The van der Waals surface area contributed by atoms with Crippen LogP contribution in [0.4, 0.5) is 0 Å². The number of hydrogen-bond acceptors (Lipinski definition) is 5. The number of Topliss-reactive ketones (excluding diaryl/α,β-unsaturated/α-hetero) is 1. The highest BCUT2D eigenvalue weighted by Gasteiger charge is 2.24. The van der Waals surface area contributed by atoms with Gasteiger partial charge in [-0.05, 0) is 38.1 Å². The second-order valence-electron chi connectivity index (χ2n) is 5.91. The zero-order valence-corrected chi connectivity index (χ0v) is 14.7. The molecule has 0 saturated carbocycles. The normalized spacial score (nSPS) is 17.0. The van der Waals surface area contributed by atoms with Gasteiger partial charge in [0.25, 0.3) is 0 Å². The molecule has 2 rings (SSSR count). The molecule has 2 heterocycles. The van der Waals surface area contributed by atoms with Crippen LogP contribution in [0.15, 0.2) is 16.3 Å². The zero-order chi connectivity index (χ0) is 16.1. The van der Waals surface area contributed by atoms with Gasteiger partial charge in [0.05, 0.1) is 15.0 Å². The molecular formula is C16H23NO3S2. The fourth-order valence-corrected chi connectivity index (χ4v) is 4.91. The summed E-state index contributed by atoms with van der Waals surface area (Å²) in [4.78, 5) is 26.2. The predicted molar refractivity (Wildman–Crippen MR) is 91.1 cm³/mol. The first kappa shape index (κ1) is 17.5. The summed E-state index contributed by atoms with van der Waals surface area (Å²) in [5.41, 5.74) is 0. The lowest BCUT2D eigenvalue weighted by Crippen LogP contribution is -2.37. The summed E-state index contributed by atoms with van der Waals surface area (Å²) in [5.74, 6) is -0.703. The minimum atomic E-state index is -0.690. The first-order chi connectivity index (χ1) is 10.5. The minimum Gasteiger partial charge on any atom is -0.481 e. The smallest absolute Gasteiger partial charge is 0.306 e. The molecule has 0 atom stereocenters. The molecule has 0 spiro atoms. The monoisotopic (exact) mass is 341 g/mol. The van der Waals surface area contributed by atoms with Crippen molar-refractivity contribution >= 4 is 34.9 Å². The van der Waals surface area contributed by atoms with Crippen molar-refractivity contribution in [2.45, 2.75) is 42.6 Å². The fourth-order valence-electron chi connectivity index (χ4n) is 2.55. The van der Waals surface area contributed by atoms with Crippen LogP contribution in [0.25, 0.3) is 0 Å². The van der Waals surface area contributed by atoms with E-state index in [1.165, 1.54) is 4.21 Å². The molecular weight excluding hydrogens is 318 g/mol. The molecule has 1 aromatic rings. The Morgan fingerprint density at radius 2 is 2.05 bits per heavy atom. The Morgan fingerprint density at radius 1 is 1.36 bits per heavy atom. The van der Waals surface area contributed by atoms with Crippen LogP contribution in [0.5, 0.6) is 0 Å². The number of rotatable bonds is 7. The van der Waals surface area contributed by atoms with E-state index >= 15 is 0 Å². The number of carboxylic acids is 1. The van der Waals surface area contributed by atoms with Crippen molar-refractivity contribution < 1.29 is 14.7 Å². The average Bonchev–Trinajstić information content (AvgIpc) is 2.93. The average molecular weight is 341 g/mol. The third kappa shape index (κ3) is 5.11. The fraction of sp³-hybridized carbons (Fsp3) is 0.625. The largest absolute Gasteiger partial charge is 0.481 e. The Bertz CT molecular complexity index is 519. The van der Waals surface area contributed by atoms with E-state index in [-0.39, 0.29) is 11.7 Å². The van der Waals surface area contributed by atoms with Gasteiger partial charge in [0.2, 0.25) is 0 Å². The van der Waals surface area contributed by atoms with Crippen molar-refractivity contribution in [3.05, 3.63) is 17.0 Å². The first-order valence-electron chi connectivity index (χ1n) is 7.70. The number of ketones is 1. The number of nitrogens with zero attached hydrogens (tertiary/aromatic N) is 1. The molecule has 0 amide bonds. The van der Waals surface area contributed by atoms with E-state index in [1.807, 2.05) is 12.1 Å². The molecule has 0 radical (unpaired) electrons. The molecule has 1 aliphatic heterocycles. The van der Waals surface area contributed by atoms with E-state index in [1.54, 1.807) is 23.1 Å². The lowest BCUT2D eigenvalue weighted by atomic mass is 9.97. The summed E-state index contributed by atoms with van der Waals surface area (Å²) in [7, 11) is 0. The number of carbonyl (C=O) groups excluding carboxylic acids is 1. The molecule has 4 nitrogen and oxygen atoms in total. The van der Waals surface area contributed by atoms with Crippen LogP contribution in [0, 0.1) is 5.92 Å². The second kappa shape index (κ2) is 8.13. The number of aliphatic carboxylic acids is 1. The van der Waals surface area contributed by atoms with E-state index in [0.29, 0.717) is 24.5 Å². The van der Waals surface area contributed by atoms with Gasteiger partial charge < -0.3 is 10.0 Å². The van der Waals surface area contributed by atoms with Crippen LogP contribution in [-0.2, 0) is 4.79 Å². The Hall–Kier alpha value is -0.850. The second-order valence-corrected chi connectivity index (χ2v) is 8.87. The van der Waals surface area contributed by atoms with Crippen molar-refractivity contribution in [1.82, 2.24) is 4.90 Å². The summed E-state index contributed by atoms with van der Waals surface area (Å²) in [6.07, 6.45) is 1.90. The molecule has 22 heavy (non-hydrogen) atoms. The molecule has 122 valence electrons. The predicted octanol–water partition coefficient (Wildman–Crippen LogP) is 3.62. The third-order valence-electron chi connectivity index (χ3n) is 3.80. The number of thiophene rings is 1. The molecule has 0 bridgehead atoms. The van der Waals surface area contributed by atoms with Gasteiger partial charge in [-0.3, -0.25) is 9.59 Å². The van der Waals surface area contributed by atoms with Crippen LogP contribution >= 0.6 is 23.1 Å². The highest BCUT2D eigenvalue weighted by atomic mass is 32.2. The van der Waals surface area contributed by atoms with Gasteiger partial charge in [-0.2, -0.15) is 0 Å². The number of carbonyl (C=O) groups is 2. The summed E-state index contributed by atoms with van der Waals surface area (Å²) < 4.78 is 1.20. The van der Waals surface area contributed by atoms with Crippen molar-refractivity contribution in [2.75, 3.05) is 19.6 Å². The number of carboxylic acid groups (broad SMARTS) is 1. The van der Waals surface area contributed by atoms with Gasteiger partial charge in [0, 0.05) is 18.2 Å². The molecule has 1 saturated heterocycles. The van der Waals surface area contributed by atoms with E-state index < -0.39 is 5.97 Å². The minimum absolute atomic E-state index is 0.195. The van der Waals surface area contributed by atoms with E-state index in [0.717, 1.165) is 24.5 Å². The summed E-state index contributed by atoms with van der Waals surface area (Å²) in [6.45, 7) is 6.58. The van der Waals surface area contributed by atoms with Crippen LogP contribution in [0.1, 0.15) is 42.8 Å². The molecule has 1 fully saturated rings. The quantitative estimate of drug-likeness (QED) is 0.606. The lowest BCUT2D eigenvalue weighted by Gasteiger charge is -2.29. The maximum Gasteiger partial charge on any atom is 0.306 e. The first-order valence-corrected chi connectivity index (χ1v) is 9.40. The standard InChI is InChI=1S/C16H23NO3S2/c1-11(2)21-15-4-3-14(22-15)13(18)7-10-17-8-5-12(6-9-17)16(19)20/h3-4,11-12H,5-10H2,1-2H3,(H,19,20). The van der Waals surface area contributed by atoms with Gasteiger partial charge in [-0.15, -0.1) is 23.1 Å². The van der Waals surface area contributed by atoms with Crippen molar-refractivity contribution in [2.24, 2.45) is 5.92 Å². The van der Waals surface area contributed by atoms with Gasteiger partial charge in [-0.1, -0.05) is 13.8 Å². The van der Waals surface area contributed by atoms with Crippen LogP contribution in [-0.4, -0.2) is 46.6 Å². The molecule has 1 N–H and O–H groups in total. The lowest BCUT2D eigenvalue weighted by molar-refractivity contribution is -0.143. The summed E-state index contributed by atoms with van der Waals surface area (Å²) >= 11 is 3.36. The van der Waals surface area contributed by atoms with Gasteiger partial charge in [0.1, 0.15) is 0 Å². The summed E-state index contributed by atoms with van der Waals surface area (Å²) in [5, 5.41) is 9.51. The number of hydrogen-bond donors (Lipinski definition) is 1.